The van der Waals surface area contributed by atoms with Gasteiger partial charge in [0, 0.05) is 24.6 Å². The number of aromatic nitrogens is 4. The molecule has 8 nitrogen and oxygen atoms in total. The van der Waals surface area contributed by atoms with Crippen LogP contribution in [-0.2, 0) is 16.1 Å². The van der Waals surface area contributed by atoms with Gasteiger partial charge in [-0.05, 0) is 54.3 Å². The molecule has 0 aliphatic rings. The van der Waals surface area contributed by atoms with E-state index in [1.807, 2.05) is 54.6 Å². The number of benzene rings is 2. The number of rotatable bonds is 9. The number of anilines is 1. The van der Waals surface area contributed by atoms with E-state index in [1.54, 1.807) is 29.2 Å². The number of nitrogens with zero attached hydrogens (tertiary/aromatic N) is 5. The van der Waals surface area contributed by atoms with Crippen LogP contribution in [0.4, 0.5) is 5.69 Å². The number of hydrogen-bond donors (Lipinski definition) is 1. The highest BCUT2D eigenvalue weighted by Crippen LogP contribution is 2.28. The van der Waals surface area contributed by atoms with E-state index in [0.29, 0.717) is 29.2 Å². The SMILES string of the molecule is CC(C)CCNC(=O)[C@H](c1ccncc1)N(C(=O)Cn1nnc2ccccc21)c1ccccc1. The van der Waals surface area contributed by atoms with Crippen LogP contribution >= 0.6 is 0 Å². The Hall–Kier alpha value is -4.07. The Morgan fingerprint density at radius 1 is 0.971 bits per heavy atom. The van der Waals surface area contributed by atoms with Gasteiger partial charge in [-0.15, -0.1) is 5.10 Å². The summed E-state index contributed by atoms with van der Waals surface area (Å²) >= 11 is 0. The van der Waals surface area contributed by atoms with Crippen molar-refractivity contribution < 1.29 is 9.59 Å². The molecule has 0 aliphatic heterocycles. The molecule has 174 valence electrons. The maximum Gasteiger partial charge on any atom is 0.249 e. The molecule has 0 bridgehead atoms. The molecule has 4 rings (SSSR count). The fraction of sp³-hybridized carbons (Fsp3) is 0.269. The van der Waals surface area contributed by atoms with Gasteiger partial charge in [-0.25, -0.2) is 4.68 Å². The summed E-state index contributed by atoms with van der Waals surface area (Å²) in [4.78, 5) is 32.9. The number of carbonyl (C=O) groups is 2. The molecular weight excluding hydrogens is 428 g/mol. The van der Waals surface area contributed by atoms with Crippen LogP contribution in [0.5, 0.6) is 0 Å². The van der Waals surface area contributed by atoms with E-state index in [1.165, 1.54) is 4.90 Å². The zero-order chi connectivity index (χ0) is 23.9. The Labute approximate surface area is 198 Å². The van der Waals surface area contributed by atoms with Gasteiger partial charge >= 0.3 is 0 Å². The summed E-state index contributed by atoms with van der Waals surface area (Å²) < 4.78 is 1.56. The molecule has 0 aliphatic carbocycles. The Morgan fingerprint density at radius 3 is 2.41 bits per heavy atom. The first kappa shape index (κ1) is 23.1. The average Bonchev–Trinajstić information content (AvgIpc) is 3.26. The van der Waals surface area contributed by atoms with Gasteiger partial charge in [-0.2, -0.15) is 0 Å². The zero-order valence-corrected chi connectivity index (χ0v) is 19.3. The molecule has 1 atom stereocenters. The smallest absolute Gasteiger partial charge is 0.249 e. The second-order valence-corrected chi connectivity index (χ2v) is 8.49. The van der Waals surface area contributed by atoms with Gasteiger partial charge in [0.2, 0.25) is 11.8 Å². The maximum absolute atomic E-state index is 13.8. The van der Waals surface area contributed by atoms with Gasteiger partial charge in [0.05, 0.1) is 5.52 Å². The maximum atomic E-state index is 13.8. The quantitative estimate of drug-likeness (QED) is 0.414. The molecule has 34 heavy (non-hydrogen) atoms. The molecule has 2 heterocycles. The lowest BCUT2D eigenvalue weighted by atomic mass is 10.0. The molecule has 2 aromatic heterocycles. The number of fused-ring (bicyclic) bond motifs is 1. The van der Waals surface area contributed by atoms with Gasteiger partial charge in [0.1, 0.15) is 18.1 Å². The Balaban J connectivity index is 1.72. The molecular formula is C26H28N6O2. The van der Waals surface area contributed by atoms with Gasteiger partial charge in [0.15, 0.2) is 0 Å². The number of nitrogens with one attached hydrogen (secondary N) is 1. The van der Waals surface area contributed by atoms with E-state index < -0.39 is 6.04 Å². The molecule has 0 fully saturated rings. The third-order valence-corrected chi connectivity index (χ3v) is 5.56. The topological polar surface area (TPSA) is 93.0 Å². The van der Waals surface area contributed by atoms with Crippen molar-refractivity contribution in [3.05, 3.63) is 84.7 Å². The number of carbonyl (C=O) groups excluding carboxylic acids is 2. The molecule has 8 heteroatoms. The van der Waals surface area contributed by atoms with Crippen LogP contribution in [-0.4, -0.2) is 38.3 Å². The molecule has 0 saturated carbocycles. The minimum atomic E-state index is -0.861. The van der Waals surface area contributed by atoms with E-state index >= 15 is 0 Å². The van der Waals surface area contributed by atoms with Crippen LogP contribution in [0.25, 0.3) is 11.0 Å². The monoisotopic (exact) mass is 456 g/mol. The van der Waals surface area contributed by atoms with Gasteiger partial charge < -0.3 is 5.32 Å². The minimum Gasteiger partial charge on any atom is -0.354 e. The predicted molar refractivity (Wildman–Crippen MR) is 131 cm³/mol. The van der Waals surface area contributed by atoms with Crippen molar-refractivity contribution >= 4 is 28.5 Å². The second-order valence-electron chi connectivity index (χ2n) is 8.49. The molecule has 0 saturated heterocycles. The lowest BCUT2D eigenvalue weighted by Gasteiger charge is -2.31. The van der Waals surface area contributed by atoms with Gasteiger partial charge in [0.25, 0.3) is 0 Å². The Bertz CT molecular complexity index is 1240. The summed E-state index contributed by atoms with van der Waals surface area (Å²) in [7, 11) is 0. The van der Waals surface area contributed by atoms with Crippen molar-refractivity contribution in [3.8, 4) is 0 Å². The van der Waals surface area contributed by atoms with Gasteiger partial charge in [-0.3, -0.25) is 19.5 Å². The molecule has 1 N–H and O–H groups in total. The largest absolute Gasteiger partial charge is 0.354 e. The molecule has 2 aromatic carbocycles. The molecule has 4 aromatic rings. The normalized spacial score (nSPS) is 12.0. The third kappa shape index (κ3) is 5.28. The summed E-state index contributed by atoms with van der Waals surface area (Å²) in [6.45, 7) is 4.68. The van der Waals surface area contributed by atoms with Crippen molar-refractivity contribution in [2.75, 3.05) is 11.4 Å². The van der Waals surface area contributed by atoms with Crippen molar-refractivity contribution in [1.29, 1.82) is 0 Å². The van der Waals surface area contributed by atoms with Crippen LogP contribution in [0.1, 0.15) is 31.9 Å². The highest BCUT2D eigenvalue weighted by atomic mass is 16.2. The highest BCUT2D eigenvalue weighted by Gasteiger charge is 2.33. The molecule has 2 amide bonds. The zero-order valence-electron chi connectivity index (χ0n) is 19.3. The predicted octanol–water partition coefficient (Wildman–Crippen LogP) is 3.76. The molecule has 0 spiro atoms. The fourth-order valence-corrected chi connectivity index (χ4v) is 3.81. The van der Waals surface area contributed by atoms with Crippen molar-refractivity contribution in [3.63, 3.8) is 0 Å². The van der Waals surface area contributed by atoms with E-state index in [2.05, 4.69) is 34.5 Å². The number of para-hydroxylation sites is 2. The number of pyridine rings is 1. The van der Waals surface area contributed by atoms with Crippen LogP contribution in [0.15, 0.2) is 79.1 Å². The standard InChI is InChI=1S/C26H28N6O2/c1-19(2)12-17-28-26(34)25(20-13-15-27-16-14-20)32(21-8-4-3-5-9-21)24(33)18-31-23-11-7-6-10-22(23)29-30-31/h3-11,13-16,19,25H,12,17-18H2,1-2H3,(H,28,34)/t25-/m0/s1. The van der Waals surface area contributed by atoms with E-state index in [0.717, 1.165) is 11.9 Å². The fourth-order valence-electron chi connectivity index (χ4n) is 3.81. The Morgan fingerprint density at radius 2 is 1.68 bits per heavy atom. The lowest BCUT2D eigenvalue weighted by Crippen LogP contribution is -2.45. The van der Waals surface area contributed by atoms with Crippen LogP contribution in [0.2, 0.25) is 0 Å². The number of amides is 2. The first-order valence-electron chi connectivity index (χ1n) is 11.4. The first-order chi connectivity index (χ1) is 16.5. The second kappa shape index (κ2) is 10.7. The summed E-state index contributed by atoms with van der Waals surface area (Å²) in [5.41, 5.74) is 2.76. The van der Waals surface area contributed by atoms with Crippen LogP contribution in [0, 0.1) is 5.92 Å². The highest BCUT2D eigenvalue weighted by molar-refractivity contribution is 6.01. The first-order valence-corrected chi connectivity index (χ1v) is 11.4. The summed E-state index contributed by atoms with van der Waals surface area (Å²) in [6, 6.07) is 19.4. The van der Waals surface area contributed by atoms with E-state index in [9.17, 15) is 9.59 Å². The van der Waals surface area contributed by atoms with E-state index in [-0.39, 0.29) is 18.4 Å². The van der Waals surface area contributed by atoms with E-state index in [4.69, 9.17) is 0 Å². The van der Waals surface area contributed by atoms with Crippen LogP contribution in [0.3, 0.4) is 0 Å². The summed E-state index contributed by atoms with van der Waals surface area (Å²) in [6.07, 6.45) is 4.10. The van der Waals surface area contributed by atoms with Crippen LogP contribution < -0.4 is 10.2 Å². The van der Waals surface area contributed by atoms with Gasteiger partial charge in [-0.1, -0.05) is 49.4 Å². The molecule has 0 radical (unpaired) electrons. The van der Waals surface area contributed by atoms with Crippen molar-refractivity contribution in [2.24, 2.45) is 5.92 Å². The minimum absolute atomic E-state index is 0.0593. The summed E-state index contributed by atoms with van der Waals surface area (Å²) in [5.74, 6) is -0.0673. The lowest BCUT2D eigenvalue weighted by molar-refractivity contribution is -0.127. The molecule has 0 unspecified atom stereocenters. The average molecular weight is 457 g/mol. The number of hydrogen-bond acceptors (Lipinski definition) is 5. The third-order valence-electron chi connectivity index (χ3n) is 5.56. The van der Waals surface area contributed by atoms with Crippen molar-refractivity contribution in [1.82, 2.24) is 25.3 Å². The summed E-state index contributed by atoms with van der Waals surface area (Å²) in [5, 5.41) is 11.3. The van der Waals surface area contributed by atoms with Crippen molar-refractivity contribution in [2.45, 2.75) is 32.9 Å². The Kier molecular flexibility index (Phi) is 7.27.